The fourth-order valence-corrected chi connectivity index (χ4v) is 10.8. The van der Waals surface area contributed by atoms with Crippen LogP contribution in [0.1, 0.15) is 44.5 Å². The minimum absolute atomic E-state index is 0.280. The second-order valence-electron chi connectivity index (χ2n) is 20.0. The average molecular weight is 1030 g/mol. The standard InChI is InChI=1S/C72H40O8/c73-65-34-58-51-21-5-43(6-22-51)44-9-25-53(26-10-44)61-37-70(78)62(38-69(61)77)55-29-13-47(14-30-55)48-15-31-56(32-16-48)64-40-71(79)63(39-72(64)80)54-27-11-46(12-28-54)45-7-23-52(24-8-45)60-36-67(75)59(35-68(60)76)50-19-3-42(4-20-50)41-1-17-49(18-2-41)57(65)33-66(58)74/h1-40H. The summed E-state index contributed by atoms with van der Waals surface area (Å²) in [6, 6.07) is 58.5. The summed E-state index contributed by atoms with van der Waals surface area (Å²) in [6.45, 7) is 0. The van der Waals surface area contributed by atoms with Crippen molar-refractivity contribution in [2.45, 2.75) is 0 Å². The maximum atomic E-state index is 13.6. The van der Waals surface area contributed by atoms with Crippen LogP contribution in [0.3, 0.4) is 0 Å². The first-order chi connectivity index (χ1) is 38.9. The first-order valence-electron chi connectivity index (χ1n) is 25.8. The van der Waals surface area contributed by atoms with Crippen LogP contribution in [0.25, 0.3) is 89.1 Å². The molecule has 0 fully saturated rings. The maximum Gasteiger partial charge on any atom is 0.187 e. The van der Waals surface area contributed by atoms with E-state index in [1.807, 2.05) is 97.1 Å². The lowest BCUT2D eigenvalue weighted by Crippen LogP contribution is -2.12. The highest BCUT2D eigenvalue weighted by Crippen LogP contribution is 2.36. The lowest BCUT2D eigenvalue weighted by Gasteiger charge is -2.15. The van der Waals surface area contributed by atoms with E-state index < -0.39 is 0 Å². The van der Waals surface area contributed by atoms with Crippen LogP contribution >= 0.6 is 0 Å². The third kappa shape index (κ3) is 8.92. The highest BCUT2D eigenvalue weighted by atomic mass is 16.2. The Morgan fingerprint density at radius 1 is 0.113 bits per heavy atom. The summed E-state index contributed by atoms with van der Waals surface area (Å²) in [6.07, 6.45) is 11.0. The number of allylic oxidation sites excluding steroid dienone is 16. The molecule has 376 valence electrons. The van der Waals surface area contributed by atoms with Gasteiger partial charge in [-0.2, -0.15) is 0 Å². The molecule has 0 spiro atoms. The highest BCUT2D eigenvalue weighted by molar-refractivity contribution is 6.46. The molecule has 8 aromatic carbocycles. The Labute approximate surface area is 458 Å². The van der Waals surface area contributed by atoms with E-state index in [1.165, 1.54) is 48.6 Å². The molecule has 24 bridgehead atoms. The minimum atomic E-state index is -0.298. The molecule has 80 heavy (non-hydrogen) atoms. The van der Waals surface area contributed by atoms with Gasteiger partial charge in [0.1, 0.15) is 0 Å². The molecular weight excluding hydrogens is 993 g/mol. The number of hydrogen-bond donors (Lipinski definition) is 0. The van der Waals surface area contributed by atoms with Crippen LogP contribution in [0.15, 0.2) is 243 Å². The summed E-state index contributed by atoms with van der Waals surface area (Å²) in [7, 11) is 0. The normalized spacial score (nSPS) is 15.8. The number of carbonyl (C=O) groups is 8. The van der Waals surface area contributed by atoms with Crippen LogP contribution in [0.2, 0.25) is 0 Å². The van der Waals surface area contributed by atoms with E-state index in [2.05, 4.69) is 0 Å². The molecule has 8 nitrogen and oxygen atoms in total. The van der Waals surface area contributed by atoms with E-state index in [9.17, 15) is 38.4 Å². The van der Waals surface area contributed by atoms with Crippen molar-refractivity contribution < 1.29 is 38.4 Å². The predicted molar refractivity (Wildman–Crippen MR) is 311 cm³/mol. The first-order valence-corrected chi connectivity index (χ1v) is 25.8. The lowest BCUT2D eigenvalue weighted by atomic mass is 9.87. The summed E-state index contributed by atoms with van der Waals surface area (Å²) in [5.41, 5.74) is 13.7. The van der Waals surface area contributed by atoms with Crippen molar-refractivity contribution in [3.63, 3.8) is 0 Å². The molecule has 8 heteroatoms. The molecule has 38 aliphatic carbocycles. The van der Waals surface area contributed by atoms with Crippen molar-refractivity contribution in [2.75, 3.05) is 0 Å². The number of benzene rings is 8. The van der Waals surface area contributed by atoms with Gasteiger partial charge in [0.25, 0.3) is 0 Å². The molecule has 8 aromatic rings. The molecule has 0 N–H and O–H groups in total. The van der Waals surface area contributed by atoms with Crippen LogP contribution in [0, 0.1) is 0 Å². The van der Waals surface area contributed by atoms with Crippen LogP contribution < -0.4 is 0 Å². The smallest absolute Gasteiger partial charge is 0.187 e. The molecule has 0 amide bonds. The minimum Gasteiger partial charge on any atom is -0.289 e. The van der Waals surface area contributed by atoms with Gasteiger partial charge in [-0.1, -0.05) is 194 Å². The molecule has 0 aromatic heterocycles. The zero-order valence-corrected chi connectivity index (χ0v) is 42.4. The molecule has 0 heterocycles. The van der Waals surface area contributed by atoms with Gasteiger partial charge >= 0.3 is 0 Å². The fraction of sp³-hybridized carbons (Fsp3) is 0. The van der Waals surface area contributed by atoms with Crippen molar-refractivity contribution >= 4 is 90.9 Å². The molecule has 0 saturated carbocycles. The van der Waals surface area contributed by atoms with E-state index in [4.69, 9.17) is 0 Å². The summed E-state index contributed by atoms with van der Waals surface area (Å²) in [5.74, 6) is -2.38. The predicted octanol–water partition coefficient (Wildman–Crippen LogP) is 13.1. The SMILES string of the molecule is O=C1C=C2C(=O)C=C1c1ccc(cc1)-c1ccc(cc1)C1=CC(=O)C(=CC1=O)c1ccc(cc1)-c1ccc(cc1)C1=CC(=O)C(=CC1=O)c1ccc(cc1)-c1ccc(cc1)C1=CC(=O)C(=CC1=O)c1ccc(cc1)-c1ccc2cc1. The van der Waals surface area contributed by atoms with Crippen LogP contribution in [0.5, 0.6) is 0 Å². The summed E-state index contributed by atoms with van der Waals surface area (Å²) in [5, 5.41) is 0. The Balaban J connectivity index is 0.788. The van der Waals surface area contributed by atoms with Crippen LogP contribution in [0.4, 0.5) is 0 Å². The van der Waals surface area contributed by atoms with Gasteiger partial charge in [-0.05, 0) is 138 Å². The van der Waals surface area contributed by atoms with Gasteiger partial charge in [-0.25, -0.2) is 0 Å². The quantitative estimate of drug-likeness (QED) is 0.137. The van der Waals surface area contributed by atoms with Crippen LogP contribution in [-0.4, -0.2) is 46.3 Å². The Kier molecular flexibility index (Phi) is 11.9. The molecule has 38 aliphatic rings. The third-order valence-corrected chi connectivity index (χ3v) is 15.2. The average Bonchev–Trinajstić information content (AvgIpc) is 3.53. The van der Waals surface area contributed by atoms with Gasteiger partial charge < -0.3 is 0 Å². The van der Waals surface area contributed by atoms with Crippen molar-refractivity contribution in [3.05, 3.63) is 287 Å². The van der Waals surface area contributed by atoms with Gasteiger partial charge in [0.05, 0.1) is 0 Å². The fourth-order valence-electron chi connectivity index (χ4n) is 10.8. The molecule has 0 radical (unpaired) electrons. The second-order valence-corrected chi connectivity index (χ2v) is 20.0. The molecular formula is C72H40O8. The van der Waals surface area contributed by atoms with Gasteiger partial charge in [0, 0.05) is 44.6 Å². The molecule has 46 rings (SSSR count). The number of rotatable bonds is 0. The van der Waals surface area contributed by atoms with Gasteiger partial charge in [-0.15, -0.1) is 0 Å². The van der Waals surface area contributed by atoms with Crippen molar-refractivity contribution in [2.24, 2.45) is 0 Å². The van der Waals surface area contributed by atoms with Crippen molar-refractivity contribution in [1.29, 1.82) is 0 Å². The van der Waals surface area contributed by atoms with E-state index in [0.29, 0.717) is 44.5 Å². The largest absolute Gasteiger partial charge is 0.289 e. The van der Waals surface area contributed by atoms with E-state index >= 15 is 0 Å². The molecule has 0 saturated heterocycles. The van der Waals surface area contributed by atoms with Gasteiger partial charge in [0.15, 0.2) is 46.3 Å². The number of ketones is 8. The highest BCUT2D eigenvalue weighted by Gasteiger charge is 2.27. The monoisotopic (exact) mass is 1030 g/mol. The van der Waals surface area contributed by atoms with Crippen LogP contribution in [-0.2, 0) is 38.4 Å². The summed E-state index contributed by atoms with van der Waals surface area (Å²) >= 11 is 0. The summed E-state index contributed by atoms with van der Waals surface area (Å²) < 4.78 is 0. The summed E-state index contributed by atoms with van der Waals surface area (Å²) in [4.78, 5) is 109. The van der Waals surface area contributed by atoms with Crippen molar-refractivity contribution in [3.8, 4) is 44.5 Å². The molecule has 0 atom stereocenters. The van der Waals surface area contributed by atoms with E-state index in [0.717, 1.165) is 44.5 Å². The zero-order valence-electron chi connectivity index (χ0n) is 42.4. The number of hydrogen-bond acceptors (Lipinski definition) is 8. The third-order valence-electron chi connectivity index (χ3n) is 15.2. The topological polar surface area (TPSA) is 137 Å². The van der Waals surface area contributed by atoms with E-state index in [1.54, 1.807) is 97.1 Å². The molecule has 0 aliphatic heterocycles. The Morgan fingerprint density at radius 2 is 0.188 bits per heavy atom. The van der Waals surface area contributed by atoms with E-state index in [-0.39, 0.29) is 90.9 Å². The van der Waals surface area contributed by atoms with Crippen molar-refractivity contribution in [1.82, 2.24) is 0 Å². The first kappa shape index (κ1) is 48.7. The van der Waals surface area contributed by atoms with Gasteiger partial charge in [-0.3, -0.25) is 38.4 Å². The number of carbonyl (C=O) groups excluding carboxylic acids is 8. The molecule has 0 unspecified atom stereocenters. The zero-order chi connectivity index (χ0) is 54.8. The second kappa shape index (κ2) is 19.6. The Morgan fingerprint density at radius 3 is 0.275 bits per heavy atom. The lowest BCUT2D eigenvalue weighted by molar-refractivity contribution is -0.112. The maximum absolute atomic E-state index is 13.6. The van der Waals surface area contributed by atoms with Gasteiger partial charge in [0.2, 0.25) is 0 Å². The Hall–Kier alpha value is -11.0. The Bertz CT molecular complexity index is 3500.